The third-order valence-corrected chi connectivity index (χ3v) is 4.68. The van der Waals surface area contributed by atoms with E-state index in [-0.39, 0.29) is 12.0 Å². The smallest absolute Gasteiger partial charge is 0.321 e. The van der Waals surface area contributed by atoms with E-state index in [1.54, 1.807) is 0 Å². The van der Waals surface area contributed by atoms with Crippen molar-refractivity contribution in [3.8, 4) is 0 Å². The fourth-order valence-corrected chi connectivity index (χ4v) is 3.55. The number of nitrogens with two attached hydrogens (primary N) is 1. The normalized spacial score (nSPS) is 26.8. The van der Waals surface area contributed by atoms with Crippen LogP contribution in [-0.2, 0) is 9.53 Å². The summed E-state index contributed by atoms with van der Waals surface area (Å²) in [6.07, 6.45) is 6.45. The van der Waals surface area contributed by atoms with Gasteiger partial charge in [0.1, 0.15) is 0 Å². The van der Waals surface area contributed by atoms with Gasteiger partial charge in [0.15, 0.2) is 0 Å². The third kappa shape index (κ3) is 3.03. The van der Waals surface area contributed by atoms with Gasteiger partial charge in [-0.25, -0.2) is 0 Å². The summed E-state index contributed by atoms with van der Waals surface area (Å²) in [5.41, 5.74) is 6.89. The van der Waals surface area contributed by atoms with Crippen LogP contribution in [0.1, 0.15) is 38.5 Å². The van der Waals surface area contributed by atoms with E-state index in [0.29, 0.717) is 25.0 Å². The summed E-state index contributed by atoms with van der Waals surface area (Å²) in [4.78, 5) is 11.8. The van der Waals surface area contributed by atoms with E-state index < -0.39 is 0 Å². The van der Waals surface area contributed by atoms with Gasteiger partial charge in [0.25, 0.3) is 0 Å². The Kier molecular flexibility index (Phi) is 5.05. The van der Waals surface area contributed by atoms with E-state index >= 15 is 0 Å². The van der Waals surface area contributed by atoms with Crippen molar-refractivity contribution >= 4 is 12.8 Å². The summed E-state index contributed by atoms with van der Waals surface area (Å²) in [5, 5.41) is 3.52. The molecule has 2 bridgehead atoms. The average Bonchev–Trinajstić information content (AvgIpc) is 2.46. The molecule has 2 saturated heterocycles. The first-order valence-corrected chi connectivity index (χ1v) is 7.41. The molecule has 106 valence electrons. The van der Waals surface area contributed by atoms with Gasteiger partial charge in [-0.15, -0.1) is 6.58 Å². The molecule has 3 fully saturated rings. The summed E-state index contributed by atoms with van der Waals surface area (Å²) < 4.78 is 4.91. The van der Waals surface area contributed by atoms with Gasteiger partial charge < -0.3 is 15.7 Å². The number of methoxy groups -OCH3 is 1. The molecule has 0 spiro atoms. The summed E-state index contributed by atoms with van der Waals surface area (Å²) in [7, 11) is 1.46. The number of fused-ring (bicyclic) bond motifs is 2. The lowest BCUT2D eigenvalue weighted by atomic mass is 9.25. The monoisotopic (exact) mass is 264 g/mol. The van der Waals surface area contributed by atoms with E-state index in [2.05, 4.69) is 11.8 Å². The number of carbonyl (C=O) groups is 1. The first-order chi connectivity index (χ1) is 9.19. The number of hydrogen-bond acceptors (Lipinski definition) is 4. The molecular weight excluding hydrogens is 239 g/mol. The van der Waals surface area contributed by atoms with Crippen LogP contribution in [0.2, 0.25) is 11.6 Å². The van der Waals surface area contributed by atoms with E-state index in [1.165, 1.54) is 31.9 Å². The molecule has 3 atom stereocenters. The van der Waals surface area contributed by atoms with Crippen LogP contribution in [0.25, 0.3) is 0 Å². The average molecular weight is 264 g/mol. The zero-order chi connectivity index (χ0) is 13.8. The number of allylic oxidation sites excluding steroid dienone is 1. The maximum atomic E-state index is 11.8. The number of ether oxygens (including phenoxy) is 1. The topological polar surface area (TPSA) is 64.3 Å². The third-order valence-electron chi connectivity index (χ3n) is 4.68. The molecule has 2 aliphatic heterocycles. The molecule has 0 radical (unpaired) electrons. The molecule has 1 aliphatic carbocycles. The van der Waals surface area contributed by atoms with Gasteiger partial charge >= 0.3 is 5.97 Å². The second-order valence-electron chi connectivity index (χ2n) is 5.77. The molecule has 0 aromatic heterocycles. The second kappa shape index (κ2) is 6.57. The van der Waals surface area contributed by atoms with Gasteiger partial charge in [-0.1, -0.05) is 31.3 Å². The number of esters is 1. The zero-order valence-corrected chi connectivity index (χ0v) is 11.9. The molecule has 2 heterocycles. The lowest BCUT2D eigenvalue weighted by Crippen LogP contribution is -2.59. The van der Waals surface area contributed by atoms with Crippen LogP contribution < -0.4 is 11.0 Å². The Morgan fingerprint density at radius 1 is 1.53 bits per heavy atom. The zero-order valence-electron chi connectivity index (χ0n) is 11.9. The molecular formula is C14H25BN2O2. The molecule has 2 unspecified atom stereocenters. The minimum absolute atomic E-state index is 0.146. The van der Waals surface area contributed by atoms with Crippen LogP contribution in [0, 0.1) is 0 Å². The van der Waals surface area contributed by atoms with Crippen LogP contribution in [0.15, 0.2) is 12.2 Å². The highest BCUT2D eigenvalue weighted by atomic mass is 16.5. The van der Waals surface area contributed by atoms with Crippen molar-refractivity contribution in [1.82, 2.24) is 5.23 Å². The summed E-state index contributed by atoms with van der Waals surface area (Å²) in [6, 6.07) is -0.183. The molecule has 1 saturated carbocycles. The Morgan fingerprint density at radius 2 is 2.21 bits per heavy atom. The molecule has 0 aromatic carbocycles. The summed E-state index contributed by atoms with van der Waals surface area (Å²) in [5.74, 6) is 0.994. The van der Waals surface area contributed by atoms with Gasteiger partial charge in [0, 0.05) is 0 Å². The lowest BCUT2D eigenvalue weighted by molar-refractivity contribution is -0.142. The van der Waals surface area contributed by atoms with Gasteiger partial charge in [-0.3, -0.25) is 4.79 Å². The predicted molar refractivity (Wildman–Crippen MR) is 78.1 cm³/mol. The Balaban J connectivity index is 1.89. The van der Waals surface area contributed by atoms with Crippen molar-refractivity contribution in [2.45, 2.75) is 56.2 Å². The largest absolute Gasteiger partial charge is 0.468 e. The molecule has 5 heteroatoms. The summed E-state index contributed by atoms with van der Waals surface area (Å²) >= 11 is 0. The number of nitrogens with one attached hydrogen (secondary N) is 1. The van der Waals surface area contributed by atoms with Crippen LogP contribution in [0.4, 0.5) is 0 Å². The van der Waals surface area contributed by atoms with Gasteiger partial charge in [-0.2, -0.15) is 0 Å². The van der Waals surface area contributed by atoms with Crippen molar-refractivity contribution in [3.63, 3.8) is 0 Å². The Hall–Kier alpha value is -0.805. The van der Waals surface area contributed by atoms with Crippen molar-refractivity contribution in [2.75, 3.05) is 13.7 Å². The lowest BCUT2D eigenvalue weighted by Gasteiger charge is -2.50. The fraction of sp³-hybridized carbons (Fsp3) is 0.786. The first kappa shape index (κ1) is 14.6. The standard InChI is InChI=1S/C14H25BN2O2/c1-10-11-6-5-7-12(10)15(11)17-13(14(18)19-2)8-3-4-9-16/h11-13,17H,1,3-9,16H2,2H3/t11?,12?,13-/m0/s1. The summed E-state index contributed by atoms with van der Waals surface area (Å²) in [6.45, 7) is 5.28. The van der Waals surface area contributed by atoms with E-state index in [1.807, 2.05) is 0 Å². The maximum Gasteiger partial charge on any atom is 0.321 e. The van der Waals surface area contributed by atoms with E-state index in [9.17, 15) is 4.79 Å². The highest BCUT2D eigenvalue weighted by Gasteiger charge is 2.51. The number of rotatable bonds is 7. The van der Waals surface area contributed by atoms with Gasteiger partial charge in [0.05, 0.1) is 13.2 Å². The van der Waals surface area contributed by atoms with Crippen molar-refractivity contribution < 1.29 is 9.53 Å². The molecule has 0 aromatic rings. The van der Waals surface area contributed by atoms with Crippen LogP contribution in [0.5, 0.6) is 0 Å². The Bertz CT molecular complexity index is 334. The van der Waals surface area contributed by atoms with Gasteiger partial charge in [-0.05, 0) is 31.0 Å². The highest BCUT2D eigenvalue weighted by molar-refractivity contribution is 6.66. The van der Waals surface area contributed by atoms with Crippen LogP contribution in [-0.4, -0.2) is 32.5 Å². The van der Waals surface area contributed by atoms with Crippen molar-refractivity contribution in [3.05, 3.63) is 12.2 Å². The minimum Gasteiger partial charge on any atom is -0.468 e. The molecule has 0 amide bonds. The molecule has 3 rings (SSSR count). The number of carbonyl (C=O) groups excluding carboxylic acids is 1. The number of unbranched alkanes of at least 4 members (excludes halogenated alkanes) is 1. The van der Waals surface area contributed by atoms with Gasteiger partial charge in [0.2, 0.25) is 6.85 Å². The Morgan fingerprint density at radius 3 is 2.74 bits per heavy atom. The molecule has 3 N–H and O–H groups in total. The first-order valence-electron chi connectivity index (χ1n) is 7.41. The van der Waals surface area contributed by atoms with Crippen LogP contribution >= 0.6 is 0 Å². The highest BCUT2D eigenvalue weighted by Crippen LogP contribution is 2.55. The quantitative estimate of drug-likeness (QED) is 0.318. The van der Waals surface area contributed by atoms with Crippen molar-refractivity contribution in [1.29, 1.82) is 0 Å². The predicted octanol–water partition coefficient (Wildman–Crippen LogP) is 1.73. The molecule has 19 heavy (non-hydrogen) atoms. The van der Waals surface area contributed by atoms with E-state index in [4.69, 9.17) is 10.5 Å². The second-order valence-corrected chi connectivity index (χ2v) is 5.77. The van der Waals surface area contributed by atoms with E-state index in [0.717, 1.165) is 19.3 Å². The molecule has 3 aliphatic rings. The maximum absolute atomic E-state index is 11.8. The van der Waals surface area contributed by atoms with Crippen molar-refractivity contribution in [2.24, 2.45) is 5.73 Å². The minimum atomic E-state index is -0.183. The SMILES string of the molecule is C=C1C2CCCC1B2N[C@@H](CCCCN)C(=O)OC. The fourth-order valence-electron chi connectivity index (χ4n) is 3.55. The molecule has 4 nitrogen and oxygen atoms in total. The van der Waals surface area contributed by atoms with Crippen LogP contribution in [0.3, 0.4) is 0 Å². The Labute approximate surface area is 116 Å². The number of hydrogen-bond donors (Lipinski definition) is 2.